The molecule has 0 saturated carbocycles. The van der Waals surface area contributed by atoms with Gasteiger partial charge in [0, 0.05) is 23.7 Å². The van der Waals surface area contributed by atoms with Crippen molar-refractivity contribution in [2.45, 2.75) is 25.8 Å². The number of carbonyl (C=O) groups is 2. The highest BCUT2D eigenvalue weighted by molar-refractivity contribution is 6.36. The topological polar surface area (TPSA) is 119 Å². The normalized spacial score (nSPS) is 15.0. The molecule has 0 aliphatic carbocycles. The Morgan fingerprint density at radius 1 is 1.05 bits per heavy atom. The van der Waals surface area contributed by atoms with Crippen molar-refractivity contribution in [2.75, 3.05) is 39.2 Å². The minimum absolute atomic E-state index is 0.139. The number of amides is 2. The lowest BCUT2D eigenvalue weighted by atomic mass is 9.96. The molecule has 2 N–H and O–H groups in total. The molecule has 2 heterocycles. The van der Waals surface area contributed by atoms with Gasteiger partial charge in [0.25, 0.3) is 5.91 Å². The van der Waals surface area contributed by atoms with Crippen LogP contribution in [0.4, 0.5) is 5.69 Å². The highest BCUT2D eigenvalue weighted by Crippen LogP contribution is 2.30. The molecule has 10 nitrogen and oxygen atoms in total. The SMILES string of the molecule is COc1ccc(CCNC(=O)c2ccccc2NC(=O)C2CCCN(Cc3nc(-c4ccc(Cl)cc4Cl)no3)C2)cc1OC. The fraction of sp³-hybridized carbons (Fsp3) is 0.312. The summed E-state index contributed by atoms with van der Waals surface area (Å²) in [6, 6.07) is 17.8. The molecule has 1 aliphatic heterocycles. The molecule has 4 aromatic rings. The summed E-state index contributed by atoms with van der Waals surface area (Å²) >= 11 is 12.3. The third kappa shape index (κ3) is 7.68. The van der Waals surface area contributed by atoms with Crippen molar-refractivity contribution >= 4 is 40.7 Å². The van der Waals surface area contributed by atoms with Crippen molar-refractivity contribution in [3.8, 4) is 22.9 Å². The average molecular weight is 639 g/mol. The third-order valence-electron chi connectivity index (χ3n) is 7.45. The lowest BCUT2D eigenvalue weighted by molar-refractivity contribution is -0.121. The van der Waals surface area contributed by atoms with Crippen LogP contribution in [0.1, 0.15) is 34.7 Å². The Bertz CT molecular complexity index is 1630. The van der Waals surface area contributed by atoms with Gasteiger partial charge in [0.15, 0.2) is 11.5 Å². The number of ether oxygens (including phenoxy) is 2. The molecule has 12 heteroatoms. The van der Waals surface area contributed by atoms with Crippen LogP contribution in [-0.2, 0) is 17.8 Å². The van der Waals surface area contributed by atoms with Gasteiger partial charge in [-0.2, -0.15) is 4.98 Å². The van der Waals surface area contributed by atoms with Crippen molar-refractivity contribution in [3.05, 3.63) is 87.7 Å². The fourth-order valence-corrected chi connectivity index (χ4v) is 5.67. The second-order valence-corrected chi connectivity index (χ2v) is 11.3. The zero-order valence-corrected chi connectivity index (χ0v) is 26.0. The van der Waals surface area contributed by atoms with E-state index >= 15 is 0 Å². The number of halogens is 2. The predicted octanol–water partition coefficient (Wildman–Crippen LogP) is 5.88. The number of nitrogens with zero attached hydrogens (tertiary/aromatic N) is 3. The fourth-order valence-electron chi connectivity index (χ4n) is 5.18. The molecular weight excluding hydrogens is 605 g/mol. The first-order chi connectivity index (χ1) is 21.3. The number of methoxy groups -OCH3 is 2. The summed E-state index contributed by atoms with van der Waals surface area (Å²) in [6.07, 6.45) is 2.17. The summed E-state index contributed by atoms with van der Waals surface area (Å²) in [5, 5.41) is 11.0. The van der Waals surface area contributed by atoms with Crippen molar-refractivity contribution in [2.24, 2.45) is 5.92 Å². The molecule has 1 atom stereocenters. The van der Waals surface area contributed by atoms with E-state index < -0.39 is 0 Å². The van der Waals surface area contributed by atoms with E-state index in [2.05, 4.69) is 25.7 Å². The van der Waals surface area contributed by atoms with E-state index in [0.717, 1.165) is 24.9 Å². The van der Waals surface area contributed by atoms with Crippen LogP contribution in [0, 0.1) is 5.92 Å². The molecule has 2 amide bonds. The number of carbonyl (C=O) groups excluding carboxylic acids is 2. The standard InChI is InChI=1S/C32H33Cl2N5O5/c1-42-27-12-9-20(16-28(27)43-2)13-14-35-32(41)24-7-3-4-8-26(24)36-31(40)21-6-5-15-39(18-21)19-29-37-30(38-44-29)23-11-10-22(33)17-25(23)34/h3-4,7-12,16-17,21H,5-6,13-15,18-19H2,1-2H3,(H,35,41)(H,36,40). The van der Waals surface area contributed by atoms with Crippen LogP contribution < -0.4 is 20.1 Å². The lowest BCUT2D eigenvalue weighted by Gasteiger charge is -2.31. The van der Waals surface area contributed by atoms with Crippen LogP contribution >= 0.6 is 23.2 Å². The second kappa shape index (κ2) is 14.6. The number of benzene rings is 3. The molecule has 5 rings (SSSR count). The van der Waals surface area contributed by atoms with E-state index in [9.17, 15) is 9.59 Å². The number of nitrogens with one attached hydrogen (secondary N) is 2. The van der Waals surface area contributed by atoms with Gasteiger partial charge in [-0.05, 0) is 73.8 Å². The summed E-state index contributed by atoms with van der Waals surface area (Å²) < 4.78 is 16.1. The molecule has 44 heavy (non-hydrogen) atoms. The number of hydrogen-bond donors (Lipinski definition) is 2. The van der Waals surface area contributed by atoms with Crippen molar-refractivity contribution in [1.82, 2.24) is 20.4 Å². The van der Waals surface area contributed by atoms with Gasteiger partial charge in [0.2, 0.25) is 17.6 Å². The Morgan fingerprint density at radius 2 is 1.86 bits per heavy atom. The molecule has 230 valence electrons. The molecule has 1 saturated heterocycles. The first-order valence-corrected chi connectivity index (χ1v) is 15.0. The van der Waals surface area contributed by atoms with Crippen LogP contribution in [0.25, 0.3) is 11.4 Å². The first kappa shape index (κ1) is 31.3. The molecule has 1 aromatic heterocycles. The number of piperidine rings is 1. The van der Waals surface area contributed by atoms with Crippen molar-refractivity contribution < 1.29 is 23.6 Å². The minimum Gasteiger partial charge on any atom is -0.493 e. The number of para-hydroxylation sites is 1. The quantitative estimate of drug-likeness (QED) is 0.209. The van der Waals surface area contributed by atoms with E-state index in [1.54, 1.807) is 56.7 Å². The predicted molar refractivity (Wildman–Crippen MR) is 168 cm³/mol. The number of anilines is 1. The first-order valence-electron chi connectivity index (χ1n) is 14.2. The summed E-state index contributed by atoms with van der Waals surface area (Å²) in [4.78, 5) is 33.0. The van der Waals surface area contributed by atoms with Gasteiger partial charge in [0.05, 0.1) is 43.0 Å². The van der Waals surface area contributed by atoms with Gasteiger partial charge in [-0.15, -0.1) is 0 Å². The van der Waals surface area contributed by atoms with E-state index in [-0.39, 0.29) is 17.7 Å². The average Bonchev–Trinajstić information content (AvgIpc) is 3.49. The molecule has 3 aromatic carbocycles. The number of likely N-dealkylation sites (tertiary alicyclic amines) is 1. The van der Waals surface area contributed by atoms with Crippen molar-refractivity contribution in [3.63, 3.8) is 0 Å². The van der Waals surface area contributed by atoms with Gasteiger partial charge < -0.3 is 24.6 Å². The van der Waals surface area contributed by atoms with Gasteiger partial charge in [-0.1, -0.05) is 46.6 Å². The van der Waals surface area contributed by atoms with Gasteiger partial charge in [0.1, 0.15) is 0 Å². The Balaban J connectivity index is 1.16. The maximum absolute atomic E-state index is 13.3. The van der Waals surface area contributed by atoms with E-state index in [4.69, 9.17) is 37.2 Å². The van der Waals surface area contributed by atoms with Crippen LogP contribution in [-0.4, -0.2) is 60.7 Å². The molecule has 1 unspecified atom stereocenters. The lowest BCUT2D eigenvalue weighted by Crippen LogP contribution is -2.40. The van der Waals surface area contributed by atoms with Gasteiger partial charge in [-0.25, -0.2) is 0 Å². The van der Waals surface area contributed by atoms with E-state index in [0.29, 0.717) is 76.1 Å². The molecular formula is C32H33Cl2N5O5. The number of hydrogen-bond acceptors (Lipinski definition) is 8. The second-order valence-electron chi connectivity index (χ2n) is 10.4. The third-order valence-corrected chi connectivity index (χ3v) is 8.00. The molecule has 0 spiro atoms. The van der Waals surface area contributed by atoms with Gasteiger partial charge >= 0.3 is 0 Å². The Labute approximate surface area is 265 Å². The molecule has 0 bridgehead atoms. The van der Waals surface area contributed by atoms with Crippen LogP contribution in [0.2, 0.25) is 10.0 Å². The van der Waals surface area contributed by atoms with E-state index in [1.807, 2.05) is 18.2 Å². The highest BCUT2D eigenvalue weighted by atomic mass is 35.5. The number of rotatable bonds is 11. The summed E-state index contributed by atoms with van der Waals surface area (Å²) in [7, 11) is 3.17. The summed E-state index contributed by atoms with van der Waals surface area (Å²) in [6.45, 7) is 2.13. The van der Waals surface area contributed by atoms with Gasteiger partial charge in [-0.3, -0.25) is 14.5 Å². The number of aromatic nitrogens is 2. The van der Waals surface area contributed by atoms with Crippen LogP contribution in [0.3, 0.4) is 0 Å². The Hall–Kier alpha value is -4.12. The Kier molecular flexibility index (Phi) is 10.4. The van der Waals surface area contributed by atoms with Crippen LogP contribution in [0.15, 0.2) is 65.2 Å². The largest absolute Gasteiger partial charge is 0.493 e. The van der Waals surface area contributed by atoms with Crippen LogP contribution in [0.5, 0.6) is 11.5 Å². The molecule has 1 aliphatic rings. The highest BCUT2D eigenvalue weighted by Gasteiger charge is 2.28. The Morgan fingerprint density at radius 3 is 2.66 bits per heavy atom. The smallest absolute Gasteiger partial charge is 0.253 e. The zero-order valence-electron chi connectivity index (χ0n) is 24.4. The minimum atomic E-state index is -0.266. The maximum Gasteiger partial charge on any atom is 0.253 e. The summed E-state index contributed by atoms with van der Waals surface area (Å²) in [5.74, 6) is 1.43. The van der Waals surface area contributed by atoms with Crippen molar-refractivity contribution in [1.29, 1.82) is 0 Å². The zero-order chi connectivity index (χ0) is 31.1. The molecule has 0 radical (unpaired) electrons. The maximum atomic E-state index is 13.3. The molecule has 1 fully saturated rings. The summed E-state index contributed by atoms with van der Waals surface area (Å²) in [5.41, 5.74) is 2.50. The monoisotopic (exact) mass is 637 g/mol. The van der Waals surface area contributed by atoms with E-state index in [1.165, 1.54) is 0 Å².